The molecule has 0 spiro atoms. The Labute approximate surface area is 130 Å². The summed E-state index contributed by atoms with van der Waals surface area (Å²) in [5.74, 6) is 0.365. The van der Waals surface area contributed by atoms with Gasteiger partial charge in [0, 0.05) is 23.8 Å². The van der Waals surface area contributed by atoms with Gasteiger partial charge in [-0.05, 0) is 24.3 Å². The second-order valence-corrected chi connectivity index (χ2v) is 4.74. The van der Waals surface area contributed by atoms with Crippen molar-refractivity contribution in [2.45, 2.75) is 0 Å². The number of nitrogens with one attached hydrogen (secondary N) is 3. The van der Waals surface area contributed by atoms with Crippen molar-refractivity contribution in [1.82, 2.24) is 25.5 Å². The number of amides is 1. The molecular formula is C14H15N7O2. The van der Waals surface area contributed by atoms with Crippen LogP contribution >= 0.6 is 0 Å². The van der Waals surface area contributed by atoms with Gasteiger partial charge < -0.3 is 21.5 Å². The molecule has 118 valence electrons. The van der Waals surface area contributed by atoms with E-state index in [0.29, 0.717) is 11.2 Å². The Morgan fingerprint density at radius 1 is 1.35 bits per heavy atom. The molecule has 0 saturated carbocycles. The van der Waals surface area contributed by atoms with E-state index in [-0.39, 0.29) is 30.7 Å². The van der Waals surface area contributed by atoms with Crippen LogP contribution < -0.4 is 16.4 Å². The average Bonchev–Trinajstić information content (AvgIpc) is 2.96. The predicted molar refractivity (Wildman–Crippen MR) is 85.2 cm³/mol. The number of aliphatic hydroxyl groups is 1. The molecule has 2 aromatic heterocycles. The fourth-order valence-corrected chi connectivity index (χ4v) is 2.11. The lowest BCUT2D eigenvalue weighted by Gasteiger charge is -2.06. The number of aliphatic hydroxyl groups excluding tert-OH is 1. The van der Waals surface area contributed by atoms with Gasteiger partial charge in [-0.2, -0.15) is 10.1 Å². The van der Waals surface area contributed by atoms with Crippen molar-refractivity contribution < 1.29 is 9.90 Å². The van der Waals surface area contributed by atoms with Crippen molar-refractivity contribution in [3.05, 3.63) is 36.2 Å². The second-order valence-electron chi connectivity index (χ2n) is 4.74. The van der Waals surface area contributed by atoms with E-state index in [1.54, 1.807) is 24.4 Å². The fraction of sp³-hybridized carbons (Fsp3) is 0.143. The molecule has 3 rings (SSSR count). The van der Waals surface area contributed by atoms with Crippen LogP contribution in [0.15, 0.2) is 30.5 Å². The zero-order valence-electron chi connectivity index (χ0n) is 12.1. The molecule has 0 aliphatic heterocycles. The number of nitrogens with zero attached hydrogens (tertiary/aromatic N) is 3. The van der Waals surface area contributed by atoms with Crippen LogP contribution in [0.2, 0.25) is 0 Å². The van der Waals surface area contributed by atoms with Crippen LogP contribution in [-0.4, -0.2) is 44.3 Å². The first kappa shape index (κ1) is 14.7. The van der Waals surface area contributed by atoms with Crippen LogP contribution in [0.4, 0.5) is 17.5 Å². The third kappa shape index (κ3) is 3.19. The van der Waals surface area contributed by atoms with Gasteiger partial charge >= 0.3 is 0 Å². The summed E-state index contributed by atoms with van der Waals surface area (Å²) < 4.78 is 0. The number of aromatic nitrogens is 4. The number of fused-ring (bicyclic) bond motifs is 1. The number of carbonyl (C=O) groups is 1. The molecule has 0 aliphatic rings. The van der Waals surface area contributed by atoms with E-state index in [1.807, 2.05) is 6.07 Å². The number of nitrogen functional groups attached to an aromatic ring is 1. The molecule has 0 aliphatic carbocycles. The Morgan fingerprint density at radius 3 is 3.00 bits per heavy atom. The Bertz CT molecular complexity index is 846. The molecule has 6 N–H and O–H groups in total. The molecule has 23 heavy (non-hydrogen) atoms. The number of nitrogens with two attached hydrogens (primary N) is 1. The average molecular weight is 313 g/mol. The first-order valence-corrected chi connectivity index (χ1v) is 6.90. The van der Waals surface area contributed by atoms with Crippen molar-refractivity contribution >= 4 is 34.3 Å². The van der Waals surface area contributed by atoms with E-state index in [2.05, 4.69) is 30.8 Å². The van der Waals surface area contributed by atoms with E-state index in [1.165, 1.54) is 0 Å². The minimum Gasteiger partial charge on any atom is -0.395 e. The van der Waals surface area contributed by atoms with Gasteiger partial charge in [0.05, 0.1) is 12.1 Å². The lowest BCUT2D eigenvalue weighted by Crippen LogP contribution is -2.26. The van der Waals surface area contributed by atoms with E-state index < -0.39 is 0 Å². The summed E-state index contributed by atoms with van der Waals surface area (Å²) in [4.78, 5) is 19.9. The summed E-state index contributed by atoms with van der Waals surface area (Å²) in [6.45, 7) is 0.0430. The third-order valence-electron chi connectivity index (χ3n) is 3.12. The summed E-state index contributed by atoms with van der Waals surface area (Å²) in [5.41, 5.74) is 7.27. The number of hydrogen-bond donors (Lipinski definition) is 5. The maximum atomic E-state index is 12.0. The summed E-state index contributed by atoms with van der Waals surface area (Å²) in [6.07, 6.45) is 1.55. The van der Waals surface area contributed by atoms with Crippen molar-refractivity contribution in [2.75, 3.05) is 24.2 Å². The molecule has 0 bridgehead atoms. The first-order chi connectivity index (χ1) is 11.2. The molecule has 3 aromatic rings. The van der Waals surface area contributed by atoms with Crippen molar-refractivity contribution in [2.24, 2.45) is 0 Å². The zero-order chi connectivity index (χ0) is 16.2. The number of rotatable bonds is 5. The lowest BCUT2D eigenvalue weighted by molar-refractivity contribution is 0.0941. The predicted octanol–water partition coefficient (Wildman–Crippen LogP) is 0.401. The Balaban J connectivity index is 1.89. The van der Waals surface area contributed by atoms with E-state index >= 15 is 0 Å². The van der Waals surface area contributed by atoms with Gasteiger partial charge in [-0.3, -0.25) is 9.89 Å². The van der Waals surface area contributed by atoms with Crippen LogP contribution in [0.5, 0.6) is 0 Å². The highest BCUT2D eigenvalue weighted by atomic mass is 16.3. The Hall–Kier alpha value is -3.20. The number of hydrogen-bond acceptors (Lipinski definition) is 7. The molecule has 0 unspecified atom stereocenters. The van der Waals surface area contributed by atoms with Crippen molar-refractivity contribution in [3.8, 4) is 0 Å². The van der Waals surface area contributed by atoms with Gasteiger partial charge in [0.25, 0.3) is 5.91 Å². The smallest absolute Gasteiger partial charge is 0.272 e. The standard InChI is InChI=1S/C14H15N7O2/c15-14-17-4-3-11(19-14)18-8-1-2-10-9(7-8)12(21-20-10)13(23)16-5-6-22/h1-4,7,22H,5-6H2,(H,16,23)(H,20,21)(H3,15,17,18,19). The van der Waals surface area contributed by atoms with Gasteiger partial charge in [0.2, 0.25) is 5.95 Å². The van der Waals surface area contributed by atoms with E-state index in [9.17, 15) is 4.79 Å². The third-order valence-corrected chi connectivity index (χ3v) is 3.12. The topological polar surface area (TPSA) is 142 Å². The van der Waals surface area contributed by atoms with Crippen LogP contribution in [0.1, 0.15) is 10.5 Å². The first-order valence-electron chi connectivity index (χ1n) is 6.90. The monoisotopic (exact) mass is 313 g/mol. The molecule has 1 amide bonds. The minimum absolute atomic E-state index is 0.129. The van der Waals surface area contributed by atoms with Crippen molar-refractivity contribution in [3.63, 3.8) is 0 Å². The summed E-state index contributed by atoms with van der Waals surface area (Å²) in [5, 5.41) is 21.9. The van der Waals surface area contributed by atoms with Crippen LogP contribution in [-0.2, 0) is 0 Å². The Morgan fingerprint density at radius 2 is 2.22 bits per heavy atom. The van der Waals surface area contributed by atoms with Gasteiger partial charge in [0.1, 0.15) is 5.82 Å². The molecule has 0 fully saturated rings. The zero-order valence-corrected chi connectivity index (χ0v) is 12.1. The SMILES string of the molecule is Nc1nccc(Nc2ccc3[nH]nc(C(=O)NCCO)c3c2)n1. The summed E-state index contributed by atoms with van der Waals surface area (Å²) >= 11 is 0. The van der Waals surface area contributed by atoms with Gasteiger partial charge in [0.15, 0.2) is 5.69 Å². The molecule has 9 nitrogen and oxygen atoms in total. The summed E-state index contributed by atoms with van der Waals surface area (Å²) in [6, 6.07) is 7.10. The van der Waals surface area contributed by atoms with Crippen LogP contribution in [0, 0.1) is 0 Å². The second kappa shape index (κ2) is 6.28. The number of anilines is 3. The molecule has 2 heterocycles. The van der Waals surface area contributed by atoms with Crippen LogP contribution in [0.3, 0.4) is 0 Å². The van der Waals surface area contributed by atoms with E-state index in [0.717, 1.165) is 11.2 Å². The maximum Gasteiger partial charge on any atom is 0.272 e. The highest BCUT2D eigenvalue weighted by molar-refractivity contribution is 6.05. The van der Waals surface area contributed by atoms with Crippen LogP contribution in [0.25, 0.3) is 10.9 Å². The largest absolute Gasteiger partial charge is 0.395 e. The molecule has 1 aromatic carbocycles. The molecule has 0 radical (unpaired) electrons. The fourth-order valence-electron chi connectivity index (χ4n) is 2.11. The number of benzene rings is 1. The highest BCUT2D eigenvalue weighted by Crippen LogP contribution is 2.23. The van der Waals surface area contributed by atoms with E-state index in [4.69, 9.17) is 10.8 Å². The quantitative estimate of drug-likeness (QED) is 0.459. The Kier molecular flexibility index (Phi) is 4.02. The minimum atomic E-state index is -0.353. The molecule has 0 atom stereocenters. The number of carbonyl (C=O) groups excluding carboxylic acids is 1. The maximum absolute atomic E-state index is 12.0. The normalized spacial score (nSPS) is 10.7. The number of H-pyrrole nitrogens is 1. The molecular weight excluding hydrogens is 298 g/mol. The molecule has 9 heteroatoms. The summed E-state index contributed by atoms with van der Waals surface area (Å²) in [7, 11) is 0. The van der Waals surface area contributed by atoms with Gasteiger partial charge in [-0.15, -0.1) is 0 Å². The number of aromatic amines is 1. The van der Waals surface area contributed by atoms with Gasteiger partial charge in [-0.25, -0.2) is 4.98 Å². The highest BCUT2D eigenvalue weighted by Gasteiger charge is 2.14. The van der Waals surface area contributed by atoms with Crippen molar-refractivity contribution in [1.29, 1.82) is 0 Å². The lowest BCUT2D eigenvalue weighted by atomic mass is 10.2. The molecule has 0 saturated heterocycles. The van der Waals surface area contributed by atoms with Gasteiger partial charge in [-0.1, -0.05) is 0 Å².